The van der Waals surface area contributed by atoms with Gasteiger partial charge in [-0.2, -0.15) is 0 Å². The number of rotatable bonds is 1. The van der Waals surface area contributed by atoms with E-state index in [0.29, 0.717) is 10.0 Å². The molecule has 0 unspecified atom stereocenters. The minimum absolute atomic E-state index is 0.00884. The highest BCUT2D eigenvalue weighted by molar-refractivity contribution is 9.10. The lowest BCUT2D eigenvalue weighted by molar-refractivity contribution is -0.385. The minimum atomic E-state index is -0.481. The predicted molar refractivity (Wildman–Crippen MR) is 48.7 cm³/mol. The summed E-state index contributed by atoms with van der Waals surface area (Å²) in [5, 5.41) is 10.4. The zero-order chi connectivity index (χ0) is 9.14. The number of nitro groups is 1. The molecule has 12 heavy (non-hydrogen) atoms. The molecule has 0 atom stereocenters. The number of halogens is 1. The maximum Gasteiger partial charge on any atom is 0.284 e. The van der Waals surface area contributed by atoms with Gasteiger partial charge in [0.25, 0.3) is 5.69 Å². The maximum absolute atomic E-state index is 10.4. The van der Waals surface area contributed by atoms with E-state index in [4.69, 9.17) is 6.42 Å². The summed E-state index contributed by atoms with van der Waals surface area (Å²) < 4.78 is 0.437. The fourth-order valence-corrected chi connectivity index (χ4v) is 1.13. The van der Waals surface area contributed by atoms with Gasteiger partial charge in [-0.15, -0.1) is 6.42 Å². The second-order valence-electron chi connectivity index (χ2n) is 2.07. The van der Waals surface area contributed by atoms with Crippen LogP contribution in [0.3, 0.4) is 0 Å². The average molecular weight is 226 g/mol. The number of terminal acetylenes is 1. The van der Waals surface area contributed by atoms with Gasteiger partial charge in [0, 0.05) is 11.6 Å². The third kappa shape index (κ3) is 1.63. The lowest BCUT2D eigenvalue weighted by atomic mass is 10.2. The summed E-state index contributed by atoms with van der Waals surface area (Å²) in [6.07, 6.45) is 5.08. The van der Waals surface area contributed by atoms with Crippen molar-refractivity contribution < 1.29 is 4.92 Å². The number of nitrogens with zero attached hydrogens (tertiary/aromatic N) is 1. The van der Waals surface area contributed by atoms with E-state index in [-0.39, 0.29) is 5.69 Å². The predicted octanol–water partition coefficient (Wildman–Crippen LogP) is 2.34. The zero-order valence-corrected chi connectivity index (χ0v) is 7.54. The summed E-state index contributed by atoms with van der Waals surface area (Å²) in [5.74, 6) is 2.32. The molecule has 0 aliphatic heterocycles. The molecule has 0 amide bonds. The summed E-state index contributed by atoms with van der Waals surface area (Å²) in [5.41, 5.74) is 0.496. The lowest BCUT2D eigenvalue weighted by Crippen LogP contribution is -1.89. The minimum Gasteiger partial charge on any atom is -0.258 e. The van der Waals surface area contributed by atoms with Crippen LogP contribution in [0.1, 0.15) is 5.56 Å². The van der Waals surface area contributed by atoms with Crippen LogP contribution in [0.25, 0.3) is 0 Å². The first-order valence-corrected chi connectivity index (χ1v) is 3.85. The Kier molecular flexibility index (Phi) is 2.46. The normalized spacial score (nSPS) is 9.00. The van der Waals surface area contributed by atoms with Crippen LogP contribution >= 0.6 is 15.9 Å². The van der Waals surface area contributed by atoms with Crippen LogP contribution in [-0.4, -0.2) is 4.92 Å². The average Bonchev–Trinajstić information content (AvgIpc) is 2.05. The monoisotopic (exact) mass is 225 g/mol. The van der Waals surface area contributed by atoms with Crippen molar-refractivity contribution in [1.29, 1.82) is 0 Å². The molecule has 1 rings (SSSR count). The van der Waals surface area contributed by atoms with Gasteiger partial charge in [0.1, 0.15) is 0 Å². The smallest absolute Gasteiger partial charge is 0.258 e. The van der Waals surface area contributed by atoms with Crippen LogP contribution in [0.2, 0.25) is 0 Å². The largest absolute Gasteiger partial charge is 0.284 e. The molecule has 0 saturated carbocycles. The molecule has 0 saturated heterocycles. The van der Waals surface area contributed by atoms with Crippen LogP contribution < -0.4 is 0 Å². The Morgan fingerprint density at radius 3 is 2.75 bits per heavy atom. The van der Waals surface area contributed by atoms with Crippen molar-refractivity contribution >= 4 is 21.6 Å². The quantitative estimate of drug-likeness (QED) is 0.419. The van der Waals surface area contributed by atoms with E-state index >= 15 is 0 Å². The van der Waals surface area contributed by atoms with E-state index in [1.807, 2.05) is 0 Å². The second kappa shape index (κ2) is 3.37. The second-order valence-corrected chi connectivity index (χ2v) is 2.92. The number of hydrogen-bond acceptors (Lipinski definition) is 2. The molecular weight excluding hydrogens is 222 g/mol. The van der Waals surface area contributed by atoms with Crippen LogP contribution in [0, 0.1) is 22.5 Å². The topological polar surface area (TPSA) is 43.1 Å². The molecule has 0 N–H and O–H groups in total. The van der Waals surface area contributed by atoms with Crippen molar-refractivity contribution in [2.24, 2.45) is 0 Å². The molecule has 0 spiro atoms. The van der Waals surface area contributed by atoms with Gasteiger partial charge in [-0.3, -0.25) is 10.1 Å². The standard InChI is InChI=1S/C8H4BrNO2/c1-2-6-3-4-7(9)8(5-6)10(11)12/h1,3-5H. The van der Waals surface area contributed by atoms with E-state index in [9.17, 15) is 10.1 Å². The molecule has 3 nitrogen and oxygen atoms in total. The molecule has 0 aliphatic rings. The Morgan fingerprint density at radius 2 is 2.25 bits per heavy atom. The van der Waals surface area contributed by atoms with E-state index < -0.39 is 4.92 Å². The van der Waals surface area contributed by atoms with Gasteiger partial charge in [0.05, 0.1) is 9.40 Å². The first-order valence-electron chi connectivity index (χ1n) is 3.05. The molecule has 0 heterocycles. The van der Waals surface area contributed by atoms with Crippen molar-refractivity contribution in [3.05, 3.63) is 38.3 Å². The van der Waals surface area contributed by atoms with Gasteiger partial charge in [-0.1, -0.05) is 5.92 Å². The van der Waals surface area contributed by atoms with Crippen molar-refractivity contribution in [1.82, 2.24) is 0 Å². The summed E-state index contributed by atoms with van der Waals surface area (Å²) in [6.45, 7) is 0. The van der Waals surface area contributed by atoms with Crippen molar-refractivity contribution in [2.45, 2.75) is 0 Å². The SMILES string of the molecule is C#Cc1ccc(Br)c([N+](=O)[O-])c1. The summed E-state index contributed by atoms with van der Waals surface area (Å²) >= 11 is 3.05. The fourth-order valence-electron chi connectivity index (χ4n) is 0.742. The highest BCUT2D eigenvalue weighted by Gasteiger charge is 2.10. The van der Waals surface area contributed by atoms with Crippen LogP contribution in [0.5, 0.6) is 0 Å². The van der Waals surface area contributed by atoms with Crippen molar-refractivity contribution in [3.8, 4) is 12.3 Å². The first-order chi connectivity index (χ1) is 5.65. The molecule has 0 aliphatic carbocycles. The van der Waals surface area contributed by atoms with Gasteiger partial charge in [0.15, 0.2) is 0 Å². The van der Waals surface area contributed by atoms with Gasteiger partial charge in [-0.25, -0.2) is 0 Å². The fraction of sp³-hybridized carbons (Fsp3) is 0. The molecule has 4 heteroatoms. The molecule has 0 radical (unpaired) electrons. The molecule has 1 aromatic rings. The highest BCUT2D eigenvalue weighted by Crippen LogP contribution is 2.24. The third-order valence-electron chi connectivity index (χ3n) is 1.31. The van der Waals surface area contributed by atoms with E-state index in [1.54, 1.807) is 12.1 Å². The van der Waals surface area contributed by atoms with Gasteiger partial charge in [0.2, 0.25) is 0 Å². The molecule has 0 bridgehead atoms. The van der Waals surface area contributed by atoms with E-state index in [1.165, 1.54) is 6.07 Å². The number of nitro benzene ring substituents is 1. The van der Waals surface area contributed by atoms with E-state index in [0.717, 1.165) is 0 Å². The van der Waals surface area contributed by atoms with E-state index in [2.05, 4.69) is 21.9 Å². The highest BCUT2D eigenvalue weighted by atomic mass is 79.9. The van der Waals surface area contributed by atoms with Crippen LogP contribution in [-0.2, 0) is 0 Å². The Morgan fingerprint density at radius 1 is 1.58 bits per heavy atom. The van der Waals surface area contributed by atoms with Crippen LogP contribution in [0.15, 0.2) is 22.7 Å². The Balaban J connectivity index is 3.28. The molecule has 1 aromatic carbocycles. The Bertz CT molecular complexity index is 368. The third-order valence-corrected chi connectivity index (χ3v) is 1.98. The first kappa shape index (κ1) is 8.75. The van der Waals surface area contributed by atoms with Gasteiger partial charge in [-0.05, 0) is 28.1 Å². The molecule has 0 aromatic heterocycles. The summed E-state index contributed by atoms with van der Waals surface area (Å²) in [7, 11) is 0. The number of hydrogen-bond donors (Lipinski definition) is 0. The maximum atomic E-state index is 10.4. The van der Waals surface area contributed by atoms with Crippen molar-refractivity contribution in [3.63, 3.8) is 0 Å². The van der Waals surface area contributed by atoms with Gasteiger partial charge >= 0.3 is 0 Å². The summed E-state index contributed by atoms with van der Waals surface area (Å²) in [4.78, 5) is 9.92. The molecular formula is C8H4BrNO2. The lowest BCUT2D eigenvalue weighted by Gasteiger charge is -1.94. The zero-order valence-electron chi connectivity index (χ0n) is 5.95. The Labute approximate surface area is 77.7 Å². The molecule has 0 fully saturated rings. The summed E-state index contributed by atoms with van der Waals surface area (Å²) in [6, 6.07) is 4.55. The van der Waals surface area contributed by atoms with Crippen molar-refractivity contribution in [2.75, 3.05) is 0 Å². The Hall–Kier alpha value is -1.34. The van der Waals surface area contributed by atoms with Gasteiger partial charge < -0.3 is 0 Å². The number of benzene rings is 1. The van der Waals surface area contributed by atoms with Crippen LogP contribution in [0.4, 0.5) is 5.69 Å². The molecule has 60 valence electrons.